The van der Waals surface area contributed by atoms with E-state index in [1.54, 1.807) is 4.52 Å². The zero-order chi connectivity index (χ0) is 19.8. The predicted octanol–water partition coefficient (Wildman–Crippen LogP) is 3.52. The van der Waals surface area contributed by atoms with Gasteiger partial charge in [0.2, 0.25) is 5.91 Å². The van der Waals surface area contributed by atoms with Crippen LogP contribution >= 0.6 is 0 Å². The van der Waals surface area contributed by atoms with E-state index in [2.05, 4.69) is 41.0 Å². The van der Waals surface area contributed by atoms with E-state index in [0.717, 1.165) is 48.4 Å². The lowest BCUT2D eigenvalue weighted by Gasteiger charge is -2.30. The molecule has 3 heterocycles. The lowest BCUT2D eigenvalue weighted by molar-refractivity contribution is -0.131. The summed E-state index contributed by atoms with van der Waals surface area (Å²) in [5.74, 6) is 2.13. The van der Waals surface area contributed by atoms with E-state index in [0.29, 0.717) is 23.9 Å². The number of carbonyl (C=O) groups is 1. The maximum atomic E-state index is 12.8. The molecule has 28 heavy (non-hydrogen) atoms. The van der Waals surface area contributed by atoms with Crippen LogP contribution in [0.15, 0.2) is 24.3 Å². The van der Waals surface area contributed by atoms with Crippen LogP contribution in [0.2, 0.25) is 0 Å². The normalized spacial score (nSPS) is 15.4. The molecule has 0 N–H and O–H groups in total. The molecule has 3 aromatic rings. The summed E-state index contributed by atoms with van der Waals surface area (Å²) in [6.45, 7) is 9.97. The summed E-state index contributed by atoms with van der Waals surface area (Å²) in [6.07, 6.45) is 2.54. The second-order valence-corrected chi connectivity index (χ2v) is 8.02. The van der Waals surface area contributed by atoms with Crippen molar-refractivity contribution in [3.8, 4) is 11.4 Å². The fourth-order valence-electron chi connectivity index (χ4n) is 3.89. The quantitative estimate of drug-likeness (QED) is 0.701. The van der Waals surface area contributed by atoms with E-state index in [1.165, 1.54) is 5.56 Å². The highest BCUT2D eigenvalue weighted by Crippen LogP contribution is 2.22. The van der Waals surface area contributed by atoms with Gasteiger partial charge in [0.1, 0.15) is 0 Å². The Hall–Kier alpha value is -2.76. The molecular formula is C22H27N5O. The maximum absolute atomic E-state index is 12.8. The van der Waals surface area contributed by atoms with Gasteiger partial charge in [-0.3, -0.25) is 4.79 Å². The number of likely N-dealkylation sites (tertiary alicyclic amines) is 1. The first-order valence-electron chi connectivity index (χ1n) is 10.00. The Morgan fingerprint density at radius 2 is 1.89 bits per heavy atom. The number of amides is 1. The highest BCUT2D eigenvalue weighted by molar-refractivity contribution is 5.79. The molecule has 146 valence electrons. The van der Waals surface area contributed by atoms with E-state index >= 15 is 0 Å². The van der Waals surface area contributed by atoms with Crippen LogP contribution in [-0.4, -0.2) is 43.5 Å². The van der Waals surface area contributed by atoms with Gasteiger partial charge >= 0.3 is 0 Å². The van der Waals surface area contributed by atoms with Gasteiger partial charge in [-0.2, -0.15) is 4.98 Å². The van der Waals surface area contributed by atoms with Crippen LogP contribution in [-0.2, 0) is 11.2 Å². The number of rotatable bonds is 3. The molecule has 0 saturated carbocycles. The smallest absolute Gasteiger partial charge is 0.253 e. The number of nitrogens with zero attached hydrogens (tertiary/aromatic N) is 5. The summed E-state index contributed by atoms with van der Waals surface area (Å²) in [5.41, 5.74) is 4.89. The van der Waals surface area contributed by atoms with Crippen molar-refractivity contribution in [1.29, 1.82) is 0 Å². The number of fused-ring (bicyclic) bond motifs is 1. The Morgan fingerprint density at radius 1 is 1.14 bits per heavy atom. The first-order chi connectivity index (χ1) is 13.4. The van der Waals surface area contributed by atoms with Gasteiger partial charge in [-0.15, -0.1) is 5.10 Å². The third-order valence-electron chi connectivity index (χ3n) is 5.79. The Balaban J connectivity index is 1.65. The molecule has 1 aliphatic heterocycles. The number of hydrogen-bond donors (Lipinski definition) is 0. The molecular weight excluding hydrogens is 350 g/mol. The van der Waals surface area contributed by atoms with Crippen LogP contribution in [0.5, 0.6) is 0 Å². The van der Waals surface area contributed by atoms with Crippen molar-refractivity contribution in [2.45, 2.75) is 47.0 Å². The Kier molecular flexibility index (Phi) is 4.87. The third-order valence-corrected chi connectivity index (χ3v) is 5.79. The fourth-order valence-corrected chi connectivity index (χ4v) is 3.89. The zero-order valence-electron chi connectivity index (χ0n) is 17.1. The van der Waals surface area contributed by atoms with Crippen molar-refractivity contribution >= 4 is 11.7 Å². The lowest BCUT2D eigenvalue weighted by atomic mass is 9.98. The molecule has 6 nitrogen and oxygen atoms in total. The standard InChI is InChI=1S/C22H27N5O/c1-14-8-10-26(11-9-14)20(28)13-19-16(3)23-22-24-21(25-27(22)17(19)4)18-7-5-6-15(2)12-18/h5-7,12,14H,8-11,13H2,1-4H3. The fraction of sp³-hybridized carbons (Fsp3) is 0.455. The van der Waals surface area contributed by atoms with Crippen LogP contribution in [0.3, 0.4) is 0 Å². The molecule has 1 aromatic carbocycles. The summed E-state index contributed by atoms with van der Waals surface area (Å²) >= 11 is 0. The third kappa shape index (κ3) is 3.51. The summed E-state index contributed by atoms with van der Waals surface area (Å²) in [4.78, 5) is 24.1. The molecule has 0 unspecified atom stereocenters. The van der Waals surface area contributed by atoms with Gasteiger partial charge < -0.3 is 4.90 Å². The molecule has 1 saturated heterocycles. The molecule has 0 spiro atoms. The van der Waals surface area contributed by atoms with Crippen molar-refractivity contribution in [2.24, 2.45) is 5.92 Å². The van der Waals surface area contributed by atoms with Crippen molar-refractivity contribution in [3.63, 3.8) is 0 Å². The van der Waals surface area contributed by atoms with Crippen LogP contribution < -0.4 is 0 Å². The molecule has 0 bridgehead atoms. The Labute approximate surface area is 165 Å². The van der Waals surface area contributed by atoms with Crippen molar-refractivity contribution < 1.29 is 4.79 Å². The molecule has 0 aliphatic carbocycles. The van der Waals surface area contributed by atoms with Gasteiger partial charge in [-0.05, 0) is 45.6 Å². The second kappa shape index (κ2) is 7.34. The highest BCUT2D eigenvalue weighted by atomic mass is 16.2. The number of aryl methyl sites for hydroxylation is 3. The van der Waals surface area contributed by atoms with E-state index in [9.17, 15) is 4.79 Å². The monoisotopic (exact) mass is 377 g/mol. The van der Waals surface area contributed by atoms with Gasteiger partial charge in [0, 0.05) is 35.6 Å². The lowest BCUT2D eigenvalue weighted by Crippen LogP contribution is -2.39. The molecule has 0 radical (unpaired) electrons. The maximum Gasteiger partial charge on any atom is 0.253 e. The van der Waals surface area contributed by atoms with E-state index in [4.69, 9.17) is 0 Å². The average molecular weight is 377 g/mol. The van der Waals surface area contributed by atoms with E-state index in [-0.39, 0.29) is 5.91 Å². The predicted molar refractivity (Wildman–Crippen MR) is 109 cm³/mol. The second-order valence-electron chi connectivity index (χ2n) is 8.02. The topological polar surface area (TPSA) is 63.4 Å². The molecule has 1 amide bonds. The minimum atomic E-state index is 0.179. The first-order valence-corrected chi connectivity index (χ1v) is 10.00. The molecule has 0 atom stereocenters. The Bertz CT molecular complexity index is 1030. The van der Waals surface area contributed by atoms with Crippen molar-refractivity contribution in [3.05, 3.63) is 46.8 Å². The van der Waals surface area contributed by atoms with E-state index < -0.39 is 0 Å². The minimum Gasteiger partial charge on any atom is -0.342 e. The molecule has 1 fully saturated rings. The first kappa shape index (κ1) is 18.6. The van der Waals surface area contributed by atoms with Crippen LogP contribution in [0.25, 0.3) is 17.2 Å². The number of aromatic nitrogens is 4. The van der Waals surface area contributed by atoms with Gasteiger partial charge in [-0.1, -0.05) is 30.7 Å². The summed E-state index contributed by atoms with van der Waals surface area (Å²) in [7, 11) is 0. The molecule has 4 rings (SSSR count). The molecule has 1 aliphatic rings. The number of hydrogen-bond acceptors (Lipinski definition) is 4. The zero-order valence-corrected chi connectivity index (χ0v) is 17.1. The van der Waals surface area contributed by atoms with Crippen LogP contribution in [0.4, 0.5) is 0 Å². The molecule has 6 heteroatoms. The highest BCUT2D eigenvalue weighted by Gasteiger charge is 2.23. The summed E-state index contributed by atoms with van der Waals surface area (Å²) in [6, 6.07) is 8.13. The van der Waals surface area contributed by atoms with Crippen molar-refractivity contribution in [1.82, 2.24) is 24.5 Å². The van der Waals surface area contributed by atoms with Gasteiger partial charge in [0.05, 0.1) is 6.42 Å². The van der Waals surface area contributed by atoms with Crippen LogP contribution in [0, 0.1) is 26.7 Å². The largest absolute Gasteiger partial charge is 0.342 e. The molecule has 2 aromatic heterocycles. The SMILES string of the molecule is Cc1cccc(-c2nc3nc(C)c(CC(=O)N4CCC(C)CC4)c(C)n3n2)c1. The number of piperidine rings is 1. The number of benzene rings is 1. The van der Waals surface area contributed by atoms with Crippen molar-refractivity contribution in [2.75, 3.05) is 13.1 Å². The van der Waals surface area contributed by atoms with Gasteiger partial charge in [0.15, 0.2) is 5.82 Å². The summed E-state index contributed by atoms with van der Waals surface area (Å²) in [5, 5.41) is 4.67. The van der Waals surface area contributed by atoms with E-state index in [1.807, 2.05) is 30.9 Å². The average Bonchev–Trinajstić information content (AvgIpc) is 3.10. The minimum absolute atomic E-state index is 0.179. The van der Waals surface area contributed by atoms with Gasteiger partial charge in [0.25, 0.3) is 5.78 Å². The number of carbonyl (C=O) groups excluding carboxylic acids is 1. The summed E-state index contributed by atoms with van der Waals surface area (Å²) < 4.78 is 1.77. The van der Waals surface area contributed by atoms with Gasteiger partial charge in [-0.25, -0.2) is 9.50 Å². The van der Waals surface area contributed by atoms with Crippen LogP contribution in [0.1, 0.15) is 42.3 Å². The Morgan fingerprint density at radius 3 is 2.61 bits per heavy atom.